The molecule has 0 aliphatic carbocycles. The third-order valence-corrected chi connectivity index (χ3v) is 7.00. The highest BCUT2D eigenvalue weighted by atomic mass is 16.6. The van der Waals surface area contributed by atoms with E-state index in [1.54, 1.807) is 0 Å². The van der Waals surface area contributed by atoms with Crippen LogP contribution in [0.25, 0.3) is 0 Å². The second kappa shape index (κ2) is 11.3. The summed E-state index contributed by atoms with van der Waals surface area (Å²) in [5, 5.41) is 2.98. The first-order chi connectivity index (χ1) is 18.1. The number of hydrogen-bond donors (Lipinski definition) is 1. The van der Waals surface area contributed by atoms with Crippen LogP contribution in [0.5, 0.6) is 5.75 Å². The van der Waals surface area contributed by atoms with Crippen molar-refractivity contribution >= 4 is 11.9 Å². The summed E-state index contributed by atoms with van der Waals surface area (Å²) in [7, 11) is 1.32. The van der Waals surface area contributed by atoms with E-state index < -0.39 is 23.8 Å². The highest BCUT2D eigenvalue weighted by molar-refractivity contribution is 6.07. The minimum Gasteiger partial charge on any atom is -0.486 e. The van der Waals surface area contributed by atoms with E-state index >= 15 is 0 Å². The maximum absolute atomic E-state index is 13.4. The van der Waals surface area contributed by atoms with Crippen molar-refractivity contribution in [3.63, 3.8) is 0 Å². The summed E-state index contributed by atoms with van der Waals surface area (Å²) in [5.74, 6) is -0.283. The third-order valence-electron chi connectivity index (χ3n) is 7.00. The van der Waals surface area contributed by atoms with Gasteiger partial charge in [0.2, 0.25) is 0 Å². The van der Waals surface area contributed by atoms with E-state index in [0.717, 1.165) is 18.7 Å². The van der Waals surface area contributed by atoms with Gasteiger partial charge in [-0.2, -0.15) is 0 Å². The third kappa shape index (κ3) is 5.32. The summed E-state index contributed by atoms with van der Waals surface area (Å²) in [6.07, 6.45) is 2.85. The molecule has 3 aliphatic rings. The Morgan fingerprint density at radius 1 is 1.08 bits per heavy atom. The molecule has 0 saturated carbocycles. The summed E-state index contributed by atoms with van der Waals surface area (Å²) < 4.78 is 23.5. The minimum absolute atomic E-state index is 0.197. The number of amides is 1. The molecule has 3 unspecified atom stereocenters. The van der Waals surface area contributed by atoms with E-state index in [0.29, 0.717) is 38.5 Å². The quantitative estimate of drug-likeness (QED) is 0.393. The van der Waals surface area contributed by atoms with Crippen LogP contribution in [0.15, 0.2) is 84.0 Å². The Hall–Kier alpha value is -3.46. The number of fused-ring (bicyclic) bond motifs is 2. The lowest BCUT2D eigenvalue weighted by molar-refractivity contribution is -0.139. The zero-order valence-corrected chi connectivity index (χ0v) is 20.9. The first-order valence-corrected chi connectivity index (χ1v) is 12.6. The maximum Gasteiger partial charge on any atom is 0.337 e. The second-order valence-electron chi connectivity index (χ2n) is 9.29. The van der Waals surface area contributed by atoms with Gasteiger partial charge in [-0.1, -0.05) is 54.6 Å². The smallest absolute Gasteiger partial charge is 0.337 e. The lowest BCUT2D eigenvalue weighted by atomic mass is 9.80. The van der Waals surface area contributed by atoms with Crippen molar-refractivity contribution in [2.45, 2.75) is 24.2 Å². The van der Waals surface area contributed by atoms with Gasteiger partial charge >= 0.3 is 5.97 Å². The maximum atomic E-state index is 13.4. The molecule has 3 aliphatic heterocycles. The number of nitrogens with one attached hydrogen (secondary N) is 1. The number of ether oxygens (including phenoxy) is 4. The van der Waals surface area contributed by atoms with Crippen molar-refractivity contribution in [2.75, 3.05) is 46.5 Å². The number of benzene rings is 2. The van der Waals surface area contributed by atoms with Gasteiger partial charge in [-0.05, 0) is 23.8 Å². The van der Waals surface area contributed by atoms with Gasteiger partial charge in [-0.3, -0.25) is 9.69 Å². The van der Waals surface area contributed by atoms with Gasteiger partial charge in [0.05, 0.1) is 31.5 Å². The fourth-order valence-electron chi connectivity index (χ4n) is 5.15. The van der Waals surface area contributed by atoms with Crippen molar-refractivity contribution in [1.29, 1.82) is 0 Å². The number of para-hydroxylation sites is 1. The average Bonchev–Trinajstić information content (AvgIpc) is 3.52. The molecular weight excluding hydrogens is 472 g/mol. The summed E-state index contributed by atoms with van der Waals surface area (Å²) >= 11 is 0. The van der Waals surface area contributed by atoms with E-state index in [2.05, 4.69) is 10.2 Å². The summed E-state index contributed by atoms with van der Waals surface area (Å²) in [4.78, 5) is 28.9. The molecule has 1 saturated heterocycles. The van der Waals surface area contributed by atoms with Crippen LogP contribution < -0.4 is 10.1 Å². The predicted molar refractivity (Wildman–Crippen MR) is 137 cm³/mol. The van der Waals surface area contributed by atoms with Crippen LogP contribution in [0.3, 0.4) is 0 Å². The number of esters is 1. The summed E-state index contributed by atoms with van der Waals surface area (Å²) in [6.45, 7) is 4.21. The molecule has 1 amide bonds. The van der Waals surface area contributed by atoms with Gasteiger partial charge in [-0.25, -0.2) is 4.79 Å². The van der Waals surface area contributed by atoms with Gasteiger partial charge in [0, 0.05) is 32.6 Å². The largest absolute Gasteiger partial charge is 0.486 e. The molecule has 194 valence electrons. The molecule has 0 aromatic heterocycles. The molecule has 3 atom stereocenters. The van der Waals surface area contributed by atoms with Crippen LogP contribution in [0, 0.1) is 0 Å². The van der Waals surface area contributed by atoms with Crippen LogP contribution in [-0.4, -0.2) is 81.1 Å². The highest BCUT2D eigenvalue weighted by Crippen LogP contribution is 2.47. The molecule has 8 nitrogen and oxygen atoms in total. The standard InChI is InChI=1S/C29H32N2O6/c1-34-28(33)26-25(27(32)30-14-15-31-16-18-35-19-17-31)23-12-13-29(26,37-23)24(20-21-8-4-2-5-9-21)36-22-10-6-3-7-11-22/h2-13,23-24H,14-20H2,1H3,(H,30,32). The van der Waals surface area contributed by atoms with E-state index in [4.69, 9.17) is 18.9 Å². The molecule has 2 aromatic carbocycles. The first-order valence-electron chi connectivity index (χ1n) is 12.6. The zero-order valence-electron chi connectivity index (χ0n) is 20.9. The monoisotopic (exact) mass is 504 g/mol. The van der Waals surface area contributed by atoms with E-state index in [-0.39, 0.29) is 17.1 Å². The lowest BCUT2D eigenvalue weighted by Gasteiger charge is -2.34. The number of methoxy groups -OCH3 is 1. The van der Waals surface area contributed by atoms with Gasteiger partial charge in [0.15, 0.2) is 5.60 Å². The molecule has 37 heavy (non-hydrogen) atoms. The molecule has 2 aromatic rings. The van der Waals surface area contributed by atoms with Crippen molar-refractivity contribution in [3.05, 3.63) is 89.5 Å². The van der Waals surface area contributed by atoms with E-state index in [9.17, 15) is 9.59 Å². The van der Waals surface area contributed by atoms with Crippen LogP contribution in [0.1, 0.15) is 5.56 Å². The van der Waals surface area contributed by atoms with Crippen molar-refractivity contribution in [2.24, 2.45) is 0 Å². The molecular formula is C29H32N2O6. The molecule has 2 bridgehead atoms. The van der Waals surface area contributed by atoms with Gasteiger partial charge < -0.3 is 24.3 Å². The van der Waals surface area contributed by atoms with Crippen molar-refractivity contribution in [3.8, 4) is 5.75 Å². The number of rotatable bonds is 10. The topological polar surface area (TPSA) is 86.3 Å². The number of carbonyl (C=O) groups excluding carboxylic acids is 2. The molecule has 3 heterocycles. The lowest BCUT2D eigenvalue weighted by Crippen LogP contribution is -2.48. The van der Waals surface area contributed by atoms with Crippen molar-refractivity contribution < 1.29 is 28.5 Å². The van der Waals surface area contributed by atoms with Crippen LogP contribution in [0.4, 0.5) is 0 Å². The molecule has 0 radical (unpaired) electrons. The number of hydrogen-bond acceptors (Lipinski definition) is 7. The fourth-order valence-corrected chi connectivity index (χ4v) is 5.15. The SMILES string of the molecule is COC(=O)C1=C(C(=O)NCCN2CCOCC2)C2C=CC1(C(Cc1ccccc1)Oc1ccccc1)O2. The highest BCUT2D eigenvalue weighted by Gasteiger charge is 2.59. The molecule has 5 rings (SSSR count). The number of morpholine rings is 1. The Labute approximate surface area is 216 Å². The first kappa shape index (κ1) is 25.2. The summed E-state index contributed by atoms with van der Waals surface area (Å²) in [6, 6.07) is 19.3. The Balaban J connectivity index is 1.44. The number of nitrogens with zero attached hydrogens (tertiary/aromatic N) is 1. The molecule has 8 heteroatoms. The Morgan fingerprint density at radius 2 is 1.78 bits per heavy atom. The molecule has 1 N–H and O–H groups in total. The fraction of sp³-hybridized carbons (Fsp3) is 0.379. The van der Waals surface area contributed by atoms with E-state index in [1.807, 2.05) is 72.8 Å². The van der Waals surface area contributed by atoms with Crippen molar-refractivity contribution in [1.82, 2.24) is 10.2 Å². The summed E-state index contributed by atoms with van der Waals surface area (Å²) in [5.41, 5.74) is 0.237. The normalized spacial score (nSPS) is 23.6. The Kier molecular flexibility index (Phi) is 7.69. The van der Waals surface area contributed by atoms with Gasteiger partial charge in [-0.15, -0.1) is 0 Å². The van der Waals surface area contributed by atoms with Crippen LogP contribution in [-0.2, 0) is 30.2 Å². The zero-order chi connectivity index (χ0) is 25.7. The number of carbonyl (C=O) groups is 2. The minimum atomic E-state index is -1.26. The van der Waals surface area contributed by atoms with Crippen LogP contribution in [0.2, 0.25) is 0 Å². The predicted octanol–water partition coefficient (Wildman–Crippen LogP) is 2.30. The average molecular weight is 505 g/mol. The van der Waals surface area contributed by atoms with Gasteiger partial charge in [0.25, 0.3) is 5.91 Å². The van der Waals surface area contributed by atoms with Crippen LogP contribution >= 0.6 is 0 Å². The molecule has 0 spiro atoms. The second-order valence-corrected chi connectivity index (χ2v) is 9.29. The molecule has 1 fully saturated rings. The Bertz CT molecular complexity index is 1120. The van der Waals surface area contributed by atoms with Gasteiger partial charge in [0.1, 0.15) is 18.0 Å². The Morgan fingerprint density at radius 3 is 2.49 bits per heavy atom. The van der Waals surface area contributed by atoms with E-state index in [1.165, 1.54) is 7.11 Å².